The highest BCUT2D eigenvalue weighted by atomic mass is 35.5. The van der Waals surface area contributed by atoms with Crippen LogP contribution in [-0.2, 0) is 16.6 Å². The molecule has 0 aromatic carbocycles. The van der Waals surface area contributed by atoms with Crippen molar-refractivity contribution in [2.75, 3.05) is 0 Å². The molecule has 3 N–H and O–H groups in total. The lowest BCUT2D eigenvalue weighted by molar-refractivity contribution is 0.249. The van der Waals surface area contributed by atoms with Crippen LogP contribution in [0.4, 0.5) is 4.79 Å². The molecule has 2 heterocycles. The summed E-state index contributed by atoms with van der Waals surface area (Å²) in [7, 11) is -3.84. The molecule has 8 nitrogen and oxygen atoms in total. The maximum absolute atomic E-state index is 12.3. The van der Waals surface area contributed by atoms with Crippen molar-refractivity contribution in [3.05, 3.63) is 45.0 Å². The van der Waals surface area contributed by atoms with Crippen LogP contribution in [0.5, 0.6) is 0 Å². The average molecular weight is 406 g/mol. The fourth-order valence-corrected chi connectivity index (χ4v) is 5.00. The monoisotopic (exact) mass is 405 g/mol. The SMILES string of the molecule is C=CCn1c(Cl)c(/C=N/NC(N)=O)s/c1=N\S(=O)(=O)c1cccs1. The molecule has 2 rings (SSSR count). The minimum Gasteiger partial charge on any atom is -0.350 e. The number of thiazole rings is 1. The van der Waals surface area contributed by atoms with Gasteiger partial charge in [-0.2, -0.15) is 13.5 Å². The van der Waals surface area contributed by atoms with E-state index < -0.39 is 16.1 Å². The number of nitrogens with one attached hydrogen (secondary N) is 1. The second kappa shape index (κ2) is 7.75. The van der Waals surface area contributed by atoms with Crippen molar-refractivity contribution in [2.45, 2.75) is 10.8 Å². The van der Waals surface area contributed by atoms with Crippen LogP contribution in [0.3, 0.4) is 0 Å². The highest BCUT2D eigenvalue weighted by molar-refractivity contribution is 7.92. The number of allylic oxidation sites excluding steroid dienone is 1. The lowest BCUT2D eigenvalue weighted by Crippen LogP contribution is -2.24. The molecule has 0 unspecified atom stereocenters. The number of urea groups is 1. The van der Waals surface area contributed by atoms with Crippen molar-refractivity contribution in [3.8, 4) is 0 Å². The maximum Gasteiger partial charge on any atom is 0.332 e. The molecule has 0 radical (unpaired) electrons. The zero-order valence-electron chi connectivity index (χ0n) is 12.0. The molecule has 0 aliphatic heterocycles. The van der Waals surface area contributed by atoms with Crippen molar-refractivity contribution in [1.29, 1.82) is 0 Å². The molecule has 24 heavy (non-hydrogen) atoms. The molecule has 12 heteroatoms. The molecular formula is C12H12ClN5O3S3. The topological polar surface area (TPSA) is 119 Å². The summed E-state index contributed by atoms with van der Waals surface area (Å²) in [5.41, 5.74) is 6.94. The number of hydrazone groups is 1. The van der Waals surface area contributed by atoms with Gasteiger partial charge < -0.3 is 10.3 Å². The van der Waals surface area contributed by atoms with Crippen molar-refractivity contribution < 1.29 is 13.2 Å². The molecule has 128 valence electrons. The van der Waals surface area contributed by atoms with Gasteiger partial charge in [-0.3, -0.25) is 0 Å². The van der Waals surface area contributed by atoms with E-state index in [-0.39, 0.29) is 20.7 Å². The van der Waals surface area contributed by atoms with Crippen molar-refractivity contribution in [3.63, 3.8) is 0 Å². The average Bonchev–Trinajstić information content (AvgIpc) is 3.12. The van der Waals surface area contributed by atoms with E-state index in [0.717, 1.165) is 22.7 Å². The van der Waals surface area contributed by atoms with Crippen LogP contribution in [0, 0.1) is 0 Å². The van der Waals surface area contributed by atoms with E-state index in [2.05, 4.69) is 16.1 Å². The third-order valence-corrected chi connectivity index (χ3v) is 6.78. The summed E-state index contributed by atoms with van der Waals surface area (Å²) in [5, 5.41) is 5.48. The Labute approximate surface area is 150 Å². The number of aromatic nitrogens is 1. The number of hydrogen-bond donors (Lipinski definition) is 2. The summed E-state index contributed by atoms with van der Waals surface area (Å²) in [6.07, 6.45) is 2.81. The Hall–Kier alpha value is -1.95. The summed E-state index contributed by atoms with van der Waals surface area (Å²) in [6, 6.07) is 2.26. The van der Waals surface area contributed by atoms with Crippen molar-refractivity contribution >= 4 is 56.5 Å². The Bertz CT molecular complexity index is 941. The molecule has 0 saturated carbocycles. The zero-order chi connectivity index (χ0) is 17.7. The van der Waals surface area contributed by atoms with Gasteiger partial charge in [0, 0.05) is 6.54 Å². The van der Waals surface area contributed by atoms with Gasteiger partial charge in [0.25, 0.3) is 10.0 Å². The van der Waals surface area contributed by atoms with Gasteiger partial charge in [0.1, 0.15) is 9.36 Å². The standard InChI is InChI=1S/C12H12ClN5O3S3/c1-2-5-18-10(13)8(7-15-16-11(14)19)23-12(18)17-24(20,21)9-4-3-6-22-9/h2-4,6-7H,1,5H2,(H3,14,16,19)/b15-7+,17-12-. The van der Waals surface area contributed by atoms with Crippen LogP contribution >= 0.6 is 34.3 Å². The molecule has 0 saturated heterocycles. The number of sulfonamides is 1. The number of halogens is 1. The number of thiophene rings is 1. The molecular weight excluding hydrogens is 394 g/mol. The second-order valence-electron chi connectivity index (χ2n) is 4.17. The number of nitrogens with two attached hydrogens (primary N) is 1. The molecule has 2 aromatic heterocycles. The molecule has 0 atom stereocenters. The predicted octanol–water partition coefficient (Wildman–Crippen LogP) is 1.74. The molecule has 2 amide bonds. The first-order valence-electron chi connectivity index (χ1n) is 6.28. The lowest BCUT2D eigenvalue weighted by atomic mass is 10.5. The lowest BCUT2D eigenvalue weighted by Gasteiger charge is -2.00. The van der Waals surface area contributed by atoms with Crippen LogP contribution in [0.2, 0.25) is 5.15 Å². The van der Waals surface area contributed by atoms with Crippen LogP contribution in [0.1, 0.15) is 4.88 Å². The van der Waals surface area contributed by atoms with Gasteiger partial charge in [0.15, 0.2) is 0 Å². The van der Waals surface area contributed by atoms with E-state index in [9.17, 15) is 13.2 Å². The fraction of sp³-hybridized carbons (Fsp3) is 0.0833. The van der Waals surface area contributed by atoms with E-state index in [1.165, 1.54) is 16.8 Å². The normalized spacial score (nSPS) is 12.6. The summed E-state index contributed by atoms with van der Waals surface area (Å²) in [5.74, 6) is 0. The fourth-order valence-electron chi connectivity index (χ4n) is 1.56. The maximum atomic E-state index is 12.3. The Morgan fingerprint density at radius 3 is 2.88 bits per heavy atom. The number of amides is 2. The molecule has 0 bridgehead atoms. The first-order chi connectivity index (χ1) is 11.3. The van der Waals surface area contributed by atoms with Crippen molar-refractivity contribution in [2.24, 2.45) is 15.2 Å². The number of rotatable bonds is 6. The van der Waals surface area contributed by atoms with E-state index >= 15 is 0 Å². The number of carbonyl (C=O) groups excluding carboxylic acids is 1. The Kier molecular flexibility index (Phi) is 5.94. The molecule has 0 spiro atoms. The van der Waals surface area contributed by atoms with Crippen LogP contribution in [0.25, 0.3) is 0 Å². The number of hydrogen-bond acceptors (Lipinski definition) is 6. The summed E-state index contributed by atoms with van der Waals surface area (Å²) in [6.45, 7) is 3.86. The summed E-state index contributed by atoms with van der Waals surface area (Å²) in [4.78, 5) is 11.2. The van der Waals surface area contributed by atoms with Gasteiger partial charge in [0.2, 0.25) is 4.80 Å². The first-order valence-corrected chi connectivity index (χ1v) is 9.79. The molecule has 0 aliphatic rings. The van der Waals surface area contributed by atoms with E-state index in [4.69, 9.17) is 17.3 Å². The van der Waals surface area contributed by atoms with E-state index in [0.29, 0.717) is 4.88 Å². The van der Waals surface area contributed by atoms with Crippen LogP contribution in [0.15, 0.2) is 43.9 Å². The molecule has 0 aliphatic carbocycles. The zero-order valence-corrected chi connectivity index (χ0v) is 15.3. The summed E-state index contributed by atoms with van der Waals surface area (Å²) >= 11 is 8.29. The Morgan fingerprint density at radius 2 is 2.29 bits per heavy atom. The minimum absolute atomic E-state index is 0.128. The number of carbonyl (C=O) groups is 1. The minimum atomic E-state index is -3.84. The number of primary amides is 1. The Balaban J connectivity index is 2.53. The molecule has 2 aromatic rings. The second-order valence-corrected chi connectivity index (χ2v) is 8.32. The highest BCUT2D eigenvalue weighted by Gasteiger charge is 2.16. The first kappa shape index (κ1) is 18.4. The van der Waals surface area contributed by atoms with Crippen LogP contribution in [-0.4, -0.2) is 25.2 Å². The smallest absolute Gasteiger partial charge is 0.332 e. The third-order valence-electron chi connectivity index (χ3n) is 2.49. The number of nitrogens with zero attached hydrogens (tertiary/aromatic N) is 3. The largest absolute Gasteiger partial charge is 0.350 e. The van der Waals surface area contributed by atoms with E-state index in [1.54, 1.807) is 17.5 Å². The van der Waals surface area contributed by atoms with Gasteiger partial charge in [0.05, 0.1) is 11.1 Å². The predicted molar refractivity (Wildman–Crippen MR) is 94.9 cm³/mol. The van der Waals surface area contributed by atoms with Gasteiger partial charge >= 0.3 is 6.03 Å². The third kappa shape index (κ3) is 4.32. The quantitative estimate of drug-likeness (QED) is 0.432. The van der Waals surface area contributed by atoms with Crippen LogP contribution < -0.4 is 16.0 Å². The van der Waals surface area contributed by atoms with Gasteiger partial charge in [-0.1, -0.05) is 35.1 Å². The molecule has 0 fully saturated rings. The highest BCUT2D eigenvalue weighted by Crippen LogP contribution is 2.20. The van der Waals surface area contributed by atoms with E-state index in [1.807, 2.05) is 5.43 Å². The van der Waals surface area contributed by atoms with Gasteiger partial charge in [-0.25, -0.2) is 10.2 Å². The summed E-state index contributed by atoms with van der Waals surface area (Å²) < 4.78 is 30.0. The van der Waals surface area contributed by atoms with Gasteiger partial charge in [-0.15, -0.1) is 22.3 Å². The van der Waals surface area contributed by atoms with Gasteiger partial charge in [-0.05, 0) is 11.4 Å². The van der Waals surface area contributed by atoms with Crippen molar-refractivity contribution in [1.82, 2.24) is 9.99 Å². The Morgan fingerprint density at radius 1 is 1.54 bits per heavy atom.